The van der Waals surface area contributed by atoms with E-state index in [1.165, 1.54) is 0 Å². The van der Waals surface area contributed by atoms with Crippen LogP contribution in [0.1, 0.15) is 5.56 Å². The van der Waals surface area contributed by atoms with Gasteiger partial charge in [-0.1, -0.05) is 27.9 Å². The molecule has 0 saturated carbocycles. The Kier molecular flexibility index (Phi) is 5.53. The second-order valence-electron chi connectivity index (χ2n) is 4.33. The molecule has 0 atom stereocenters. The highest BCUT2D eigenvalue weighted by atomic mass is 79.9. The van der Waals surface area contributed by atoms with E-state index < -0.39 is 0 Å². The van der Waals surface area contributed by atoms with E-state index in [0.717, 1.165) is 27.2 Å². The van der Waals surface area contributed by atoms with Crippen LogP contribution in [-0.4, -0.2) is 13.7 Å². The first-order valence-corrected chi connectivity index (χ1v) is 7.25. The Bertz CT molecular complexity index is 649. The maximum Gasteiger partial charge on any atom is 0.148 e. The van der Waals surface area contributed by atoms with Crippen LogP contribution in [0.4, 0.5) is 5.69 Å². The molecular weight excluding hydrogens is 330 g/mol. The molecule has 0 aliphatic carbocycles. The van der Waals surface area contributed by atoms with Crippen LogP contribution in [-0.2, 0) is 6.54 Å². The topological polar surface area (TPSA) is 30.5 Å². The van der Waals surface area contributed by atoms with Gasteiger partial charge < -0.3 is 14.8 Å². The standard InChI is InChI=1S/C17H16BrNO2/c1-3-9-21-17-8-7-14(18)10-13(17)12-19-15-5-4-6-16(11-15)20-2/h1,4-8,10-11,19H,9,12H2,2H3. The van der Waals surface area contributed by atoms with Crippen molar-refractivity contribution in [1.29, 1.82) is 0 Å². The Balaban J connectivity index is 2.11. The van der Waals surface area contributed by atoms with E-state index in [4.69, 9.17) is 15.9 Å². The van der Waals surface area contributed by atoms with Gasteiger partial charge in [0.15, 0.2) is 0 Å². The molecule has 0 bridgehead atoms. The highest BCUT2D eigenvalue weighted by molar-refractivity contribution is 9.10. The number of hydrogen-bond donors (Lipinski definition) is 1. The van der Waals surface area contributed by atoms with Gasteiger partial charge >= 0.3 is 0 Å². The average molecular weight is 346 g/mol. The Morgan fingerprint density at radius 3 is 2.86 bits per heavy atom. The molecule has 1 N–H and O–H groups in total. The first-order chi connectivity index (χ1) is 10.2. The fourth-order valence-electron chi connectivity index (χ4n) is 1.88. The molecule has 108 valence electrons. The lowest BCUT2D eigenvalue weighted by atomic mass is 10.2. The number of halogens is 1. The second-order valence-corrected chi connectivity index (χ2v) is 5.25. The van der Waals surface area contributed by atoms with Crippen molar-refractivity contribution < 1.29 is 9.47 Å². The minimum absolute atomic E-state index is 0.258. The third-order valence-electron chi connectivity index (χ3n) is 2.89. The molecule has 0 unspecified atom stereocenters. The maximum atomic E-state index is 5.55. The minimum Gasteiger partial charge on any atom is -0.497 e. The number of terminal acetylenes is 1. The lowest BCUT2D eigenvalue weighted by Gasteiger charge is -2.12. The molecule has 4 heteroatoms. The lowest BCUT2D eigenvalue weighted by molar-refractivity contribution is 0.366. The SMILES string of the molecule is C#CCOc1ccc(Br)cc1CNc1cccc(OC)c1. The monoisotopic (exact) mass is 345 g/mol. The van der Waals surface area contributed by atoms with E-state index in [9.17, 15) is 0 Å². The molecule has 2 rings (SSSR count). The van der Waals surface area contributed by atoms with E-state index >= 15 is 0 Å². The van der Waals surface area contributed by atoms with E-state index in [0.29, 0.717) is 6.54 Å². The van der Waals surface area contributed by atoms with Crippen LogP contribution in [0, 0.1) is 12.3 Å². The Morgan fingerprint density at radius 2 is 2.10 bits per heavy atom. The van der Waals surface area contributed by atoms with Gasteiger partial charge in [-0.05, 0) is 30.3 Å². The third kappa shape index (κ3) is 4.44. The zero-order chi connectivity index (χ0) is 15.1. The lowest BCUT2D eigenvalue weighted by Crippen LogP contribution is -2.04. The van der Waals surface area contributed by atoms with E-state index in [1.807, 2.05) is 42.5 Å². The van der Waals surface area contributed by atoms with Crippen molar-refractivity contribution in [3.63, 3.8) is 0 Å². The number of ether oxygens (including phenoxy) is 2. The molecule has 0 amide bonds. The molecule has 0 saturated heterocycles. The summed E-state index contributed by atoms with van der Waals surface area (Å²) >= 11 is 3.47. The summed E-state index contributed by atoms with van der Waals surface area (Å²) in [5.74, 6) is 4.08. The van der Waals surface area contributed by atoms with Gasteiger partial charge in [0.25, 0.3) is 0 Å². The number of nitrogens with one attached hydrogen (secondary N) is 1. The van der Waals surface area contributed by atoms with Crippen molar-refractivity contribution in [1.82, 2.24) is 0 Å². The molecular formula is C17H16BrNO2. The van der Waals surface area contributed by atoms with Crippen molar-refractivity contribution in [3.8, 4) is 23.8 Å². The average Bonchev–Trinajstić information content (AvgIpc) is 2.52. The van der Waals surface area contributed by atoms with Gasteiger partial charge in [-0.25, -0.2) is 0 Å². The minimum atomic E-state index is 0.258. The van der Waals surface area contributed by atoms with Crippen molar-refractivity contribution in [2.24, 2.45) is 0 Å². The summed E-state index contributed by atoms with van der Waals surface area (Å²) in [6.45, 7) is 0.889. The largest absolute Gasteiger partial charge is 0.497 e. The number of benzene rings is 2. The van der Waals surface area contributed by atoms with Crippen molar-refractivity contribution in [2.45, 2.75) is 6.54 Å². The van der Waals surface area contributed by atoms with E-state index in [1.54, 1.807) is 7.11 Å². The highest BCUT2D eigenvalue weighted by Gasteiger charge is 2.05. The second kappa shape index (κ2) is 7.61. The number of rotatable bonds is 6. The summed E-state index contributed by atoms with van der Waals surface area (Å²) in [5.41, 5.74) is 2.01. The van der Waals surface area contributed by atoms with Crippen LogP contribution in [0.5, 0.6) is 11.5 Å². The molecule has 2 aromatic rings. The summed E-state index contributed by atoms with van der Waals surface area (Å²) in [5, 5.41) is 3.35. The molecule has 3 nitrogen and oxygen atoms in total. The summed E-state index contributed by atoms with van der Waals surface area (Å²) < 4.78 is 11.8. The molecule has 0 radical (unpaired) electrons. The summed E-state index contributed by atoms with van der Waals surface area (Å²) in [7, 11) is 1.65. The fourth-order valence-corrected chi connectivity index (χ4v) is 2.29. The highest BCUT2D eigenvalue weighted by Crippen LogP contribution is 2.25. The van der Waals surface area contributed by atoms with Crippen LogP contribution in [0.25, 0.3) is 0 Å². The molecule has 0 aromatic heterocycles. The Labute approximate surface area is 133 Å². The molecule has 0 spiro atoms. The maximum absolute atomic E-state index is 5.55. The predicted octanol–water partition coefficient (Wildman–Crippen LogP) is 4.08. The zero-order valence-electron chi connectivity index (χ0n) is 11.7. The molecule has 0 aliphatic rings. The van der Waals surface area contributed by atoms with Crippen LogP contribution in [0.2, 0.25) is 0 Å². The first-order valence-electron chi connectivity index (χ1n) is 6.45. The number of hydrogen-bond acceptors (Lipinski definition) is 3. The summed E-state index contributed by atoms with van der Waals surface area (Å²) in [4.78, 5) is 0. The van der Waals surface area contributed by atoms with Gasteiger partial charge in [0.2, 0.25) is 0 Å². The molecule has 2 aromatic carbocycles. The molecule has 0 aliphatic heterocycles. The first kappa shape index (κ1) is 15.3. The smallest absolute Gasteiger partial charge is 0.148 e. The third-order valence-corrected chi connectivity index (χ3v) is 3.38. The van der Waals surface area contributed by atoms with Crippen molar-refractivity contribution in [3.05, 3.63) is 52.5 Å². The van der Waals surface area contributed by atoms with Gasteiger partial charge in [0, 0.05) is 28.3 Å². The van der Waals surface area contributed by atoms with E-state index in [2.05, 4.69) is 27.2 Å². The Morgan fingerprint density at radius 1 is 1.24 bits per heavy atom. The summed E-state index contributed by atoms with van der Waals surface area (Å²) in [6.07, 6.45) is 5.24. The number of methoxy groups -OCH3 is 1. The van der Waals surface area contributed by atoms with Crippen molar-refractivity contribution >= 4 is 21.6 Å². The summed E-state index contributed by atoms with van der Waals surface area (Å²) in [6, 6.07) is 13.6. The number of anilines is 1. The van der Waals surface area contributed by atoms with Crippen LogP contribution in [0.15, 0.2) is 46.9 Å². The fraction of sp³-hybridized carbons (Fsp3) is 0.176. The van der Waals surface area contributed by atoms with Crippen LogP contribution < -0.4 is 14.8 Å². The molecule has 0 heterocycles. The Hall–Kier alpha value is -2.12. The van der Waals surface area contributed by atoms with E-state index in [-0.39, 0.29) is 6.61 Å². The van der Waals surface area contributed by atoms with Gasteiger partial charge in [-0.2, -0.15) is 0 Å². The quantitative estimate of drug-likeness (QED) is 0.800. The van der Waals surface area contributed by atoms with Gasteiger partial charge in [-0.15, -0.1) is 6.42 Å². The zero-order valence-corrected chi connectivity index (χ0v) is 13.3. The van der Waals surface area contributed by atoms with Crippen LogP contribution >= 0.6 is 15.9 Å². The molecule has 0 fully saturated rings. The van der Waals surface area contributed by atoms with Gasteiger partial charge in [0.1, 0.15) is 18.1 Å². The van der Waals surface area contributed by atoms with Gasteiger partial charge in [0.05, 0.1) is 7.11 Å². The predicted molar refractivity (Wildman–Crippen MR) is 88.8 cm³/mol. The molecule has 21 heavy (non-hydrogen) atoms. The van der Waals surface area contributed by atoms with Crippen molar-refractivity contribution in [2.75, 3.05) is 19.0 Å². The normalized spacial score (nSPS) is 9.76. The van der Waals surface area contributed by atoms with Crippen LogP contribution in [0.3, 0.4) is 0 Å². The van der Waals surface area contributed by atoms with Gasteiger partial charge in [-0.3, -0.25) is 0 Å².